The van der Waals surface area contributed by atoms with Crippen molar-refractivity contribution in [3.05, 3.63) is 65.1 Å². The maximum Gasteiger partial charge on any atom is 0.0526 e. The zero-order valence-corrected chi connectivity index (χ0v) is 12.5. The average Bonchev–Trinajstić information content (AvgIpc) is 2.39. The van der Waals surface area contributed by atoms with Gasteiger partial charge in [0.15, 0.2) is 0 Å². The van der Waals surface area contributed by atoms with Crippen LogP contribution in [0.2, 0.25) is 0 Å². The summed E-state index contributed by atoms with van der Waals surface area (Å²) >= 11 is 1.77. The van der Waals surface area contributed by atoms with E-state index in [1.807, 2.05) is 0 Å². The molecule has 1 heterocycles. The minimum absolute atomic E-state index is 0. The number of hydrogen-bond donors (Lipinski definition) is 1. The number of aryl methyl sites for hydroxylation is 1. The van der Waals surface area contributed by atoms with E-state index >= 15 is 0 Å². The number of benzene rings is 2. The van der Waals surface area contributed by atoms with Crippen molar-refractivity contribution in [3.63, 3.8) is 0 Å². The minimum atomic E-state index is 0. The van der Waals surface area contributed by atoms with Crippen molar-refractivity contribution in [2.24, 2.45) is 0 Å². The van der Waals surface area contributed by atoms with Crippen molar-refractivity contribution in [2.45, 2.75) is 11.8 Å². The smallest absolute Gasteiger partial charge is 0.0526 e. The van der Waals surface area contributed by atoms with Gasteiger partial charge in [-0.1, -0.05) is 53.7 Å². The van der Waals surface area contributed by atoms with Crippen molar-refractivity contribution in [3.8, 4) is 0 Å². The molecule has 0 spiro atoms. The number of thioether (sulfide) groups is 1. The predicted octanol–water partition coefficient (Wildman–Crippen LogP) is 5.09. The number of para-hydroxylation sites is 1. The largest absolute Gasteiger partial charge is 0.354 e. The normalized spacial score (nSPS) is 12.8. The molecule has 3 rings (SSSR count). The van der Waals surface area contributed by atoms with Crippen LogP contribution in [0.15, 0.2) is 58.8 Å². The van der Waals surface area contributed by atoms with Crippen LogP contribution in [0.1, 0.15) is 11.1 Å². The van der Waals surface area contributed by atoms with E-state index in [2.05, 4.69) is 66.2 Å². The van der Waals surface area contributed by atoms with E-state index in [0.29, 0.717) is 0 Å². The summed E-state index contributed by atoms with van der Waals surface area (Å²) in [4.78, 5) is 1.28. The molecule has 0 aromatic heterocycles. The van der Waals surface area contributed by atoms with Gasteiger partial charge in [-0.2, -0.15) is 0 Å². The van der Waals surface area contributed by atoms with Crippen LogP contribution in [-0.4, -0.2) is 0 Å². The van der Waals surface area contributed by atoms with Crippen LogP contribution in [0, 0.1) is 6.92 Å². The highest BCUT2D eigenvalue weighted by Crippen LogP contribution is 2.36. The molecule has 1 nitrogen and oxygen atoms in total. The Bertz CT molecular complexity index is 575. The average molecular weight is 320 g/mol. The van der Waals surface area contributed by atoms with Crippen LogP contribution in [0.3, 0.4) is 0 Å². The molecule has 0 saturated heterocycles. The molecule has 0 fully saturated rings. The second kappa shape index (κ2) is 5.63. The standard InChI is InChI=1S/C15H13NS.BrH/c1-11-6-8-12(9-7-11)14-10-17-15-5-3-2-4-13(15)16-14;/h2-10,16H,1H3;1H. The van der Waals surface area contributed by atoms with E-state index in [4.69, 9.17) is 0 Å². The van der Waals surface area contributed by atoms with Gasteiger partial charge in [0.2, 0.25) is 0 Å². The molecule has 0 bridgehead atoms. The molecule has 0 radical (unpaired) electrons. The lowest BCUT2D eigenvalue weighted by Gasteiger charge is -2.18. The predicted molar refractivity (Wildman–Crippen MR) is 85.4 cm³/mol. The number of rotatable bonds is 1. The molecule has 18 heavy (non-hydrogen) atoms. The molecule has 0 amide bonds. The molecular weight excluding hydrogens is 306 g/mol. The van der Waals surface area contributed by atoms with Crippen LogP contribution in [-0.2, 0) is 0 Å². The van der Waals surface area contributed by atoms with Crippen LogP contribution >= 0.6 is 28.7 Å². The minimum Gasteiger partial charge on any atom is -0.354 e. The summed E-state index contributed by atoms with van der Waals surface area (Å²) < 4.78 is 0. The summed E-state index contributed by atoms with van der Waals surface area (Å²) in [7, 11) is 0. The Morgan fingerprint density at radius 1 is 0.944 bits per heavy atom. The van der Waals surface area contributed by atoms with Crippen LogP contribution in [0.4, 0.5) is 5.69 Å². The molecule has 3 heteroatoms. The summed E-state index contributed by atoms with van der Waals surface area (Å²) in [6.07, 6.45) is 0. The Hall–Kier alpha value is -1.19. The van der Waals surface area contributed by atoms with Gasteiger partial charge < -0.3 is 5.32 Å². The fraction of sp³-hybridized carbons (Fsp3) is 0.0667. The molecular formula is C15H14BrNS. The first-order valence-electron chi connectivity index (χ1n) is 5.63. The second-order valence-corrected chi connectivity index (χ2v) is 5.05. The Balaban J connectivity index is 0.00000120. The SMILES string of the molecule is Br.Cc1ccc(C2=CSc3ccccc3N2)cc1. The Morgan fingerprint density at radius 2 is 1.67 bits per heavy atom. The molecule has 2 aromatic rings. The zero-order chi connectivity index (χ0) is 11.7. The van der Waals surface area contributed by atoms with Gasteiger partial charge in [-0.25, -0.2) is 0 Å². The Morgan fingerprint density at radius 3 is 2.44 bits per heavy atom. The Kier molecular flexibility index (Phi) is 4.15. The lowest BCUT2D eigenvalue weighted by molar-refractivity contribution is 1.39. The molecule has 0 unspecified atom stereocenters. The van der Waals surface area contributed by atoms with Crippen molar-refractivity contribution in [2.75, 3.05) is 5.32 Å². The number of anilines is 1. The quantitative estimate of drug-likeness (QED) is 0.785. The molecule has 1 aliphatic rings. The summed E-state index contributed by atoms with van der Waals surface area (Å²) in [6.45, 7) is 2.11. The molecule has 92 valence electrons. The third kappa shape index (κ3) is 2.62. The third-order valence-corrected chi connectivity index (χ3v) is 3.79. The molecule has 0 saturated carbocycles. The summed E-state index contributed by atoms with van der Waals surface area (Å²) in [6, 6.07) is 17.0. The first-order chi connectivity index (χ1) is 8.33. The van der Waals surface area contributed by atoms with Gasteiger partial charge in [-0.05, 0) is 24.6 Å². The van der Waals surface area contributed by atoms with Gasteiger partial charge in [-0.3, -0.25) is 0 Å². The highest BCUT2D eigenvalue weighted by atomic mass is 79.9. The molecule has 1 N–H and O–H groups in total. The van der Waals surface area contributed by atoms with Gasteiger partial charge in [0.25, 0.3) is 0 Å². The summed E-state index contributed by atoms with van der Waals surface area (Å²) in [5.41, 5.74) is 4.89. The topological polar surface area (TPSA) is 12.0 Å². The number of nitrogens with one attached hydrogen (secondary N) is 1. The molecule has 2 aromatic carbocycles. The van der Waals surface area contributed by atoms with Crippen LogP contribution in [0.5, 0.6) is 0 Å². The maximum atomic E-state index is 3.47. The van der Waals surface area contributed by atoms with Crippen molar-refractivity contribution < 1.29 is 0 Å². The van der Waals surface area contributed by atoms with E-state index in [-0.39, 0.29) is 17.0 Å². The molecule has 1 aliphatic heterocycles. The van der Waals surface area contributed by atoms with E-state index in [1.165, 1.54) is 27.4 Å². The number of fused-ring (bicyclic) bond motifs is 1. The number of halogens is 1. The second-order valence-electron chi connectivity index (χ2n) is 4.14. The van der Waals surface area contributed by atoms with Crippen LogP contribution in [0.25, 0.3) is 5.70 Å². The summed E-state index contributed by atoms with van der Waals surface area (Å²) in [5.74, 6) is 0. The van der Waals surface area contributed by atoms with E-state index < -0.39 is 0 Å². The number of hydrogen-bond acceptors (Lipinski definition) is 2. The van der Waals surface area contributed by atoms with Gasteiger partial charge >= 0.3 is 0 Å². The van der Waals surface area contributed by atoms with E-state index in [1.54, 1.807) is 11.8 Å². The highest BCUT2D eigenvalue weighted by molar-refractivity contribution is 8.93. The molecule has 0 aliphatic carbocycles. The first-order valence-corrected chi connectivity index (χ1v) is 6.51. The monoisotopic (exact) mass is 319 g/mol. The van der Waals surface area contributed by atoms with Gasteiger partial charge in [0, 0.05) is 10.3 Å². The van der Waals surface area contributed by atoms with Gasteiger partial charge in [0.05, 0.1) is 11.4 Å². The van der Waals surface area contributed by atoms with E-state index in [0.717, 1.165) is 0 Å². The fourth-order valence-corrected chi connectivity index (χ4v) is 2.69. The van der Waals surface area contributed by atoms with Crippen molar-refractivity contribution >= 4 is 40.1 Å². The van der Waals surface area contributed by atoms with Gasteiger partial charge in [-0.15, -0.1) is 17.0 Å². The van der Waals surface area contributed by atoms with E-state index in [9.17, 15) is 0 Å². The highest BCUT2D eigenvalue weighted by Gasteiger charge is 2.10. The summed E-state index contributed by atoms with van der Waals surface area (Å²) in [5, 5.41) is 5.65. The third-order valence-electron chi connectivity index (χ3n) is 2.82. The maximum absolute atomic E-state index is 3.47. The Labute approximate surface area is 122 Å². The van der Waals surface area contributed by atoms with Gasteiger partial charge in [0.1, 0.15) is 0 Å². The fourth-order valence-electron chi connectivity index (χ4n) is 1.84. The zero-order valence-electron chi connectivity index (χ0n) is 10.0. The van der Waals surface area contributed by atoms with Crippen molar-refractivity contribution in [1.29, 1.82) is 0 Å². The first kappa shape index (κ1) is 13.2. The van der Waals surface area contributed by atoms with Crippen molar-refractivity contribution in [1.82, 2.24) is 0 Å². The van der Waals surface area contributed by atoms with Crippen LogP contribution < -0.4 is 5.32 Å². The molecule has 0 atom stereocenters. The lowest BCUT2D eigenvalue weighted by atomic mass is 10.1. The lowest BCUT2D eigenvalue weighted by Crippen LogP contribution is -2.02.